The molecule has 2 rings (SSSR count). The van der Waals surface area contributed by atoms with Crippen LogP contribution in [0.2, 0.25) is 0 Å². The van der Waals surface area contributed by atoms with Crippen molar-refractivity contribution in [2.24, 2.45) is 0 Å². The van der Waals surface area contributed by atoms with Gasteiger partial charge in [0.1, 0.15) is 6.04 Å². The van der Waals surface area contributed by atoms with E-state index in [1.165, 1.54) is 0 Å². The Hall–Kier alpha value is -1.60. The molecule has 0 spiro atoms. The van der Waals surface area contributed by atoms with Crippen LogP contribution >= 0.6 is 0 Å². The molecule has 7 nitrogen and oxygen atoms in total. The van der Waals surface area contributed by atoms with Gasteiger partial charge in [-0.2, -0.15) is 5.10 Å². The minimum absolute atomic E-state index is 0.00493. The summed E-state index contributed by atoms with van der Waals surface area (Å²) in [5.41, 5.74) is 6.26. The molecular formula is C11H19N5O2. The highest BCUT2D eigenvalue weighted by Gasteiger charge is 2.28. The summed E-state index contributed by atoms with van der Waals surface area (Å²) in [5, 5.41) is 6.79. The van der Waals surface area contributed by atoms with E-state index < -0.39 is 0 Å². The number of nitrogens with zero attached hydrogens (tertiary/aromatic N) is 3. The molecule has 2 heterocycles. The van der Waals surface area contributed by atoms with E-state index in [1.54, 1.807) is 24.1 Å². The van der Waals surface area contributed by atoms with Gasteiger partial charge in [-0.15, -0.1) is 0 Å². The Morgan fingerprint density at radius 2 is 2.50 bits per heavy atom. The van der Waals surface area contributed by atoms with E-state index in [0.29, 0.717) is 25.4 Å². The maximum absolute atomic E-state index is 11.7. The molecule has 1 aliphatic heterocycles. The summed E-state index contributed by atoms with van der Waals surface area (Å²) >= 11 is 0. The average Bonchev–Trinajstić information content (AvgIpc) is 2.81. The van der Waals surface area contributed by atoms with Gasteiger partial charge in [-0.3, -0.25) is 14.4 Å². The minimum atomic E-state index is -0.211. The van der Waals surface area contributed by atoms with Crippen molar-refractivity contribution in [1.82, 2.24) is 20.0 Å². The molecule has 1 aromatic rings. The van der Waals surface area contributed by atoms with Gasteiger partial charge in [0.15, 0.2) is 0 Å². The molecule has 0 bridgehead atoms. The van der Waals surface area contributed by atoms with Gasteiger partial charge in [-0.1, -0.05) is 0 Å². The van der Waals surface area contributed by atoms with Crippen molar-refractivity contribution < 1.29 is 9.53 Å². The van der Waals surface area contributed by atoms with Crippen molar-refractivity contribution in [3.63, 3.8) is 0 Å². The highest BCUT2D eigenvalue weighted by atomic mass is 16.5. The molecule has 1 unspecified atom stereocenters. The molecule has 0 aromatic carbocycles. The van der Waals surface area contributed by atoms with Gasteiger partial charge in [0.25, 0.3) is 0 Å². The van der Waals surface area contributed by atoms with E-state index in [2.05, 4.69) is 15.3 Å². The van der Waals surface area contributed by atoms with Crippen LogP contribution in [0.25, 0.3) is 0 Å². The number of morpholine rings is 1. The number of hydrogen-bond donors (Lipinski definition) is 2. The standard InChI is InChI=1S/C11H19N5O2/c1-13-11(17)10-8-18-5-4-15(10)2-3-16-7-9(12)6-14-16/h6-7,10H,2-5,8,12H2,1H3,(H,13,17). The first-order valence-electron chi connectivity index (χ1n) is 6.02. The fourth-order valence-electron chi connectivity index (χ4n) is 2.05. The number of nitrogen functional groups attached to an aromatic ring is 1. The summed E-state index contributed by atoms with van der Waals surface area (Å²) in [6, 6.07) is -0.211. The van der Waals surface area contributed by atoms with Crippen LogP contribution in [0.1, 0.15) is 0 Å². The van der Waals surface area contributed by atoms with E-state index in [1.807, 2.05) is 0 Å². The minimum Gasteiger partial charge on any atom is -0.396 e. The van der Waals surface area contributed by atoms with Gasteiger partial charge < -0.3 is 15.8 Å². The molecule has 1 aliphatic rings. The molecule has 3 N–H and O–H groups in total. The number of aromatic nitrogens is 2. The zero-order chi connectivity index (χ0) is 13.0. The van der Waals surface area contributed by atoms with Crippen molar-refractivity contribution in [3.8, 4) is 0 Å². The number of nitrogens with one attached hydrogen (secondary N) is 1. The Labute approximate surface area is 106 Å². The highest BCUT2D eigenvalue weighted by Crippen LogP contribution is 2.07. The SMILES string of the molecule is CNC(=O)C1COCCN1CCn1cc(N)cn1. The second-order valence-corrected chi connectivity index (χ2v) is 4.28. The second-order valence-electron chi connectivity index (χ2n) is 4.28. The lowest BCUT2D eigenvalue weighted by Gasteiger charge is -2.34. The van der Waals surface area contributed by atoms with Crippen LogP contribution in [0.3, 0.4) is 0 Å². The zero-order valence-corrected chi connectivity index (χ0v) is 10.5. The van der Waals surface area contributed by atoms with Crippen LogP contribution in [0, 0.1) is 0 Å². The number of ether oxygens (including phenoxy) is 1. The van der Waals surface area contributed by atoms with E-state index in [-0.39, 0.29) is 11.9 Å². The summed E-state index contributed by atoms with van der Waals surface area (Å²) in [7, 11) is 1.64. The van der Waals surface area contributed by atoms with Crippen LogP contribution in [0.15, 0.2) is 12.4 Å². The third-order valence-corrected chi connectivity index (χ3v) is 3.06. The molecule has 7 heteroatoms. The predicted molar refractivity (Wildman–Crippen MR) is 66.9 cm³/mol. The summed E-state index contributed by atoms with van der Waals surface area (Å²) in [6.45, 7) is 3.33. The Morgan fingerprint density at radius 1 is 1.67 bits per heavy atom. The molecule has 1 atom stereocenters. The average molecular weight is 253 g/mol. The molecule has 18 heavy (non-hydrogen) atoms. The molecule has 1 aromatic heterocycles. The third-order valence-electron chi connectivity index (χ3n) is 3.06. The largest absolute Gasteiger partial charge is 0.396 e. The Bertz CT molecular complexity index is 406. The molecular weight excluding hydrogens is 234 g/mol. The Kier molecular flexibility index (Phi) is 4.16. The van der Waals surface area contributed by atoms with Crippen LogP contribution in [0.5, 0.6) is 0 Å². The quantitative estimate of drug-likeness (QED) is 0.712. The number of anilines is 1. The van der Waals surface area contributed by atoms with Crippen molar-refractivity contribution in [3.05, 3.63) is 12.4 Å². The van der Waals surface area contributed by atoms with E-state index in [9.17, 15) is 4.79 Å². The maximum Gasteiger partial charge on any atom is 0.239 e. The number of amides is 1. The number of carbonyl (C=O) groups excluding carboxylic acids is 1. The molecule has 1 amide bonds. The second kappa shape index (κ2) is 5.83. The van der Waals surface area contributed by atoms with Crippen LogP contribution in [-0.4, -0.2) is 60.0 Å². The fourth-order valence-corrected chi connectivity index (χ4v) is 2.05. The Morgan fingerprint density at radius 3 is 3.17 bits per heavy atom. The lowest BCUT2D eigenvalue weighted by molar-refractivity contribution is -0.132. The summed E-state index contributed by atoms with van der Waals surface area (Å²) < 4.78 is 7.13. The first kappa shape index (κ1) is 12.8. The topological polar surface area (TPSA) is 85.4 Å². The molecule has 0 saturated carbocycles. The highest BCUT2D eigenvalue weighted by molar-refractivity contribution is 5.81. The van der Waals surface area contributed by atoms with Gasteiger partial charge in [0.05, 0.1) is 31.6 Å². The van der Waals surface area contributed by atoms with Gasteiger partial charge in [-0.25, -0.2) is 0 Å². The van der Waals surface area contributed by atoms with Crippen molar-refractivity contribution in [2.45, 2.75) is 12.6 Å². The van der Waals surface area contributed by atoms with Crippen molar-refractivity contribution in [1.29, 1.82) is 0 Å². The fraction of sp³-hybridized carbons (Fsp3) is 0.636. The number of rotatable bonds is 4. The number of hydrogen-bond acceptors (Lipinski definition) is 5. The van der Waals surface area contributed by atoms with Gasteiger partial charge >= 0.3 is 0 Å². The molecule has 1 fully saturated rings. The first-order chi connectivity index (χ1) is 8.70. The predicted octanol–water partition coefficient (Wildman–Crippen LogP) is -1.09. The molecule has 0 radical (unpaired) electrons. The normalized spacial score (nSPS) is 20.8. The zero-order valence-electron chi connectivity index (χ0n) is 10.5. The molecule has 0 aliphatic carbocycles. The van der Waals surface area contributed by atoms with Gasteiger partial charge in [-0.05, 0) is 0 Å². The number of carbonyl (C=O) groups is 1. The van der Waals surface area contributed by atoms with E-state index in [0.717, 1.165) is 13.1 Å². The molecule has 100 valence electrons. The Balaban J connectivity index is 1.91. The monoisotopic (exact) mass is 253 g/mol. The smallest absolute Gasteiger partial charge is 0.239 e. The van der Waals surface area contributed by atoms with Crippen LogP contribution in [0.4, 0.5) is 5.69 Å². The van der Waals surface area contributed by atoms with E-state index in [4.69, 9.17) is 10.5 Å². The van der Waals surface area contributed by atoms with Gasteiger partial charge in [0, 0.05) is 26.3 Å². The third kappa shape index (κ3) is 2.99. The van der Waals surface area contributed by atoms with Crippen molar-refractivity contribution >= 4 is 11.6 Å². The lowest BCUT2D eigenvalue weighted by atomic mass is 10.2. The summed E-state index contributed by atoms with van der Waals surface area (Å²) in [6.07, 6.45) is 3.41. The van der Waals surface area contributed by atoms with Gasteiger partial charge in [0.2, 0.25) is 5.91 Å². The van der Waals surface area contributed by atoms with Crippen LogP contribution < -0.4 is 11.1 Å². The molecule has 1 saturated heterocycles. The van der Waals surface area contributed by atoms with Crippen molar-refractivity contribution in [2.75, 3.05) is 39.1 Å². The number of nitrogens with two attached hydrogens (primary N) is 1. The maximum atomic E-state index is 11.7. The van der Waals surface area contributed by atoms with Crippen LogP contribution in [-0.2, 0) is 16.1 Å². The van der Waals surface area contributed by atoms with E-state index >= 15 is 0 Å². The number of likely N-dealkylation sites (N-methyl/N-ethyl adjacent to an activating group) is 1. The summed E-state index contributed by atoms with van der Waals surface area (Å²) in [5.74, 6) is -0.00493. The summed E-state index contributed by atoms with van der Waals surface area (Å²) in [4.78, 5) is 13.8. The lowest BCUT2D eigenvalue weighted by Crippen LogP contribution is -2.53. The first-order valence-corrected chi connectivity index (χ1v) is 6.02.